The van der Waals surface area contributed by atoms with Gasteiger partial charge in [-0.2, -0.15) is 0 Å². The van der Waals surface area contributed by atoms with E-state index in [2.05, 4.69) is 5.32 Å². The molecule has 0 fully saturated rings. The first kappa shape index (κ1) is 14.1. The van der Waals surface area contributed by atoms with Gasteiger partial charge in [-0.3, -0.25) is 9.59 Å². The minimum atomic E-state index is -0.563. The molecular weight excluding hydrogens is 258 g/mol. The van der Waals surface area contributed by atoms with Gasteiger partial charge in [-0.15, -0.1) is 0 Å². The van der Waals surface area contributed by atoms with E-state index >= 15 is 0 Å². The van der Waals surface area contributed by atoms with Gasteiger partial charge in [0.25, 0.3) is 10.9 Å². The van der Waals surface area contributed by atoms with Crippen LogP contribution in [0.3, 0.4) is 0 Å². The molecule has 0 unspecified atom stereocenters. The van der Waals surface area contributed by atoms with E-state index in [4.69, 9.17) is 9.47 Å². The van der Waals surface area contributed by atoms with Crippen LogP contribution >= 0.6 is 0 Å². The smallest absolute Gasteiger partial charge is 0.272 e. The normalized spacial score (nSPS) is 10.5. The van der Waals surface area contributed by atoms with Crippen molar-refractivity contribution in [3.05, 3.63) is 44.7 Å². The van der Waals surface area contributed by atoms with E-state index in [1.807, 2.05) is 6.92 Å². The first-order valence-electron chi connectivity index (χ1n) is 6.54. The Morgan fingerprint density at radius 1 is 1.20 bits per heavy atom. The van der Waals surface area contributed by atoms with Crippen LogP contribution in [0.25, 0.3) is 0 Å². The molecule has 0 saturated heterocycles. The molecule has 2 rings (SSSR count). The van der Waals surface area contributed by atoms with Crippen LogP contribution < -0.4 is 25.6 Å². The van der Waals surface area contributed by atoms with Gasteiger partial charge < -0.3 is 14.8 Å². The van der Waals surface area contributed by atoms with Crippen molar-refractivity contribution in [2.75, 3.05) is 19.0 Å². The van der Waals surface area contributed by atoms with E-state index in [0.717, 1.165) is 12.8 Å². The lowest BCUT2D eigenvalue weighted by atomic mass is 10.2. The van der Waals surface area contributed by atoms with Crippen LogP contribution in [0.15, 0.2) is 33.9 Å². The molecule has 0 aliphatic heterocycles. The quantitative estimate of drug-likeness (QED) is 0.620. The van der Waals surface area contributed by atoms with Gasteiger partial charge in [-0.1, -0.05) is 19.4 Å². The SMILES string of the molecule is CCCCOc1c(Nc2cccc(OC)c2)c(=O)c1=O. The molecule has 0 heterocycles. The Morgan fingerprint density at radius 2 is 2.00 bits per heavy atom. The molecule has 0 aliphatic rings. The lowest BCUT2D eigenvalue weighted by molar-refractivity contribution is 0.305. The molecule has 0 aromatic heterocycles. The van der Waals surface area contributed by atoms with E-state index in [1.54, 1.807) is 31.4 Å². The highest BCUT2D eigenvalue weighted by atomic mass is 16.5. The number of methoxy groups -OCH3 is 1. The molecule has 5 nitrogen and oxygen atoms in total. The summed E-state index contributed by atoms with van der Waals surface area (Å²) in [6.45, 7) is 2.47. The number of ether oxygens (including phenoxy) is 2. The molecule has 106 valence electrons. The average molecular weight is 275 g/mol. The van der Waals surface area contributed by atoms with Crippen LogP contribution in [0.4, 0.5) is 11.4 Å². The summed E-state index contributed by atoms with van der Waals surface area (Å²) in [5.74, 6) is 0.799. The fraction of sp³-hybridized carbons (Fsp3) is 0.333. The van der Waals surface area contributed by atoms with E-state index in [1.165, 1.54) is 0 Å². The van der Waals surface area contributed by atoms with Gasteiger partial charge in [-0.05, 0) is 18.6 Å². The van der Waals surface area contributed by atoms with Crippen molar-refractivity contribution < 1.29 is 9.47 Å². The van der Waals surface area contributed by atoms with E-state index in [-0.39, 0.29) is 11.4 Å². The van der Waals surface area contributed by atoms with Gasteiger partial charge in [0.1, 0.15) is 11.4 Å². The van der Waals surface area contributed by atoms with Gasteiger partial charge >= 0.3 is 0 Å². The fourth-order valence-corrected chi connectivity index (χ4v) is 1.79. The van der Waals surface area contributed by atoms with Gasteiger partial charge in [-0.25, -0.2) is 0 Å². The standard InChI is InChI=1S/C15H17NO4/c1-3-4-8-20-15-12(13(17)14(15)18)16-10-6-5-7-11(9-10)19-2/h5-7,9,16H,3-4,8H2,1-2H3. The maximum absolute atomic E-state index is 11.6. The second-order valence-electron chi connectivity index (χ2n) is 4.42. The van der Waals surface area contributed by atoms with E-state index in [9.17, 15) is 9.59 Å². The molecule has 5 heteroatoms. The number of nitrogens with one attached hydrogen (secondary N) is 1. The summed E-state index contributed by atoms with van der Waals surface area (Å²) in [4.78, 5) is 23.1. The largest absolute Gasteiger partial charge is 0.497 e. The van der Waals surface area contributed by atoms with Crippen molar-refractivity contribution in [3.63, 3.8) is 0 Å². The third-order valence-electron chi connectivity index (χ3n) is 2.95. The zero-order valence-electron chi connectivity index (χ0n) is 11.6. The van der Waals surface area contributed by atoms with Crippen molar-refractivity contribution in [2.45, 2.75) is 19.8 Å². The highest BCUT2D eigenvalue weighted by Crippen LogP contribution is 2.25. The predicted octanol–water partition coefficient (Wildman–Crippen LogP) is 2.21. The number of unbranched alkanes of at least 4 members (excludes halogenated alkanes) is 1. The number of rotatable bonds is 7. The number of hydrogen-bond acceptors (Lipinski definition) is 5. The van der Waals surface area contributed by atoms with Crippen molar-refractivity contribution in [2.24, 2.45) is 0 Å². The van der Waals surface area contributed by atoms with Crippen LogP contribution in [0, 0.1) is 0 Å². The van der Waals surface area contributed by atoms with Gasteiger partial charge in [0, 0.05) is 11.8 Å². The molecule has 1 N–H and O–H groups in total. The predicted molar refractivity (Wildman–Crippen MR) is 78.0 cm³/mol. The molecule has 20 heavy (non-hydrogen) atoms. The minimum absolute atomic E-state index is 0.131. The lowest BCUT2D eigenvalue weighted by Gasteiger charge is -2.14. The van der Waals surface area contributed by atoms with Crippen molar-refractivity contribution in [1.29, 1.82) is 0 Å². The Bertz CT molecular complexity index is 656. The second-order valence-corrected chi connectivity index (χ2v) is 4.42. The van der Waals surface area contributed by atoms with Crippen molar-refractivity contribution >= 4 is 11.4 Å². The third-order valence-corrected chi connectivity index (χ3v) is 2.95. The first-order valence-corrected chi connectivity index (χ1v) is 6.54. The van der Waals surface area contributed by atoms with Crippen LogP contribution in [-0.4, -0.2) is 13.7 Å². The third kappa shape index (κ3) is 2.82. The van der Waals surface area contributed by atoms with Gasteiger partial charge in [0.05, 0.1) is 13.7 Å². The average Bonchev–Trinajstić information content (AvgIpc) is 2.49. The Labute approximate surface area is 116 Å². The maximum atomic E-state index is 11.6. The monoisotopic (exact) mass is 275 g/mol. The molecule has 0 aliphatic carbocycles. The fourth-order valence-electron chi connectivity index (χ4n) is 1.79. The number of hydrogen-bond donors (Lipinski definition) is 1. The van der Waals surface area contributed by atoms with Crippen LogP contribution in [-0.2, 0) is 0 Å². The highest BCUT2D eigenvalue weighted by Gasteiger charge is 2.22. The van der Waals surface area contributed by atoms with E-state index < -0.39 is 10.9 Å². The lowest BCUT2D eigenvalue weighted by Crippen LogP contribution is -2.35. The minimum Gasteiger partial charge on any atom is -0.497 e. The highest BCUT2D eigenvalue weighted by molar-refractivity contribution is 5.70. The van der Waals surface area contributed by atoms with Gasteiger partial charge in [0.2, 0.25) is 0 Å². The summed E-state index contributed by atoms with van der Waals surface area (Å²) in [6.07, 6.45) is 1.81. The molecule has 0 bridgehead atoms. The zero-order chi connectivity index (χ0) is 14.5. The molecule has 2 aromatic rings. The Hall–Kier alpha value is -2.30. The Kier molecular flexibility index (Phi) is 4.40. The van der Waals surface area contributed by atoms with Crippen LogP contribution in [0.1, 0.15) is 19.8 Å². The van der Waals surface area contributed by atoms with Crippen molar-refractivity contribution in [3.8, 4) is 11.5 Å². The Morgan fingerprint density at radius 3 is 2.70 bits per heavy atom. The molecule has 0 radical (unpaired) electrons. The number of benzene rings is 1. The van der Waals surface area contributed by atoms with Crippen molar-refractivity contribution in [1.82, 2.24) is 0 Å². The summed E-state index contributed by atoms with van der Waals surface area (Å²) in [5.41, 5.74) is -0.207. The topological polar surface area (TPSA) is 64.6 Å². The molecular formula is C15H17NO4. The first-order chi connectivity index (χ1) is 9.67. The molecule has 2 aromatic carbocycles. The van der Waals surface area contributed by atoms with Crippen LogP contribution in [0.5, 0.6) is 11.5 Å². The summed E-state index contributed by atoms with van der Waals surface area (Å²) < 4.78 is 10.5. The summed E-state index contributed by atoms with van der Waals surface area (Å²) in [6, 6.07) is 7.12. The van der Waals surface area contributed by atoms with Gasteiger partial charge in [0.15, 0.2) is 5.75 Å². The molecule has 0 spiro atoms. The summed E-state index contributed by atoms with van der Waals surface area (Å²) in [7, 11) is 1.57. The maximum Gasteiger partial charge on any atom is 0.272 e. The summed E-state index contributed by atoms with van der Waals surface area (Å²) in [5, 5.41) is 2.91. The molecule has 0 amide bonds. The summed E-state index contributed by atoms with van der Waals surface area (Å²) >= 11 is 0. The Balaban J connectivity index is 2.15. The van der Waals surface area contributed by atoms with E-state index in [0.29, 0.717) is 18.0 Å². The number of anilines is 2. The molecule has 0 saturated carbocycles. The molecule has 0 atom stereocenters. The van der Waals surface area contributed by atoms with Crippen LogP contribution in [0.2, 0.25) is 0 Å². The zero-order valence-corrected chi connectivity index (χ0v) is 11.6. The second kappa shape index (κ2) is 6.23.